The van der Waals surface area contributed by atoms with Crippen molar-refractivity contribution in [1.29, 1.82) is 0 Å². The average Bonchev–Trinajstić information content (AvgIpc) is 3.01. The van der Waals surface area contributed by atoms with Crippen molar-refractivity contribution in [3.05, 3.63) is 27.8 Å². The summed E-state index contributed by atoms with van der Waals surface area (Å²) in [7, 11) is 0. The number of carbonyl (C=O) groups excluding carboxylic acids is 1. The minimum Gasteiger partial charge on any atom is -0.481 e. The van der Waals surface area contributed by atoms with E-state index in [1.807, 2.05) is 18.2 Å². The second kappa shape index (κ2) is 4.40. The number of nitrogens with one attached hydrogen (secondary N) is 1. The molecule has 1 aliphatic rings. The van der Waals surface area contributed by atoms with Gasteiger partial charge in [-0.05, 0) is 41.1 Å². The van der Waals surface area contributed by atoms with Gasteiger partial charge in [0, 0.05) is 3.57 Å². The van der Waals surface area contributed by atoms with Crippen molar-refractivity contribution in [3.8, 4) is 0 Å². The predicted molar refractivity (Wildman–Crippen MR) is 67.0 cm³/mol. The van der Waals surface area contributed by atoms with Crippen LogP contribution in [0.5, 0.6) is 0 Å². The lowest BCUT2D eigenvalue weighted by atomic mass is 10.2. The number of carboxylic acids is 1. The fourth-order valence-corrected chi connectivity index (χ4v) is 2.07. The van der Waals surface area contributed by atoms with Crippen LogP contribution in [0, 0.1) is 15.4 Å². The Morgan fingerprint density at radius 2 is 2.00 bits per heavy atom. The van der Waals surface area contributed by atoms with Gasteiger partial charge in [-0.15, -0.1) is 0 Å². The zero-order valence-corrected chi connectivity index (χ0v) is 10.5. The first-order chi connectivity index (χ1) is 7.59. The van der Waals surface area contributed by atoms with Gasteiger partial charge in [-0.1, -0.05) is 12.1 Å². The van der Waals surface area contributed by atoms with Crippen molar-refractivity contribution in [3.63, 3.8) is 0 Å². The Bertz CT molecular complexity index is 447. The molecule has 1 saturated carbocycles. The third kappa shape index (κ3) is 2.34. The predicted octanol–water partition coefficient (Wildman–Crippen LogP) is 1.95. The minimum atomic E-state index is -0.886. The van der Waals surface area contributed by atoms with Crippen molar-refractivity contribution < 1.29 is 14.7 Å². The fraction of sp³-hybridized carbons (Fsp3) is 0.273. The summed E-state index contributed by atoms with van der Waals surface area (Å²) >= 11 is 2.13. The van der Waals surface area contributed by atoms with Gasteiger partial charge in [0.1, 0.15) is 0 Å². The first-order valence-corrected chi connectivity index (χ1v) is 5.95. The van der Waals surface area contributed by atoms with E-state index in [1.54, 1.807) is 6.07 Å². The van der Waals surface area contributed by atoms with Gasteiger partial charge in [0.05, 0.1) is 17.5 Å². The molecule has 1 amide bonds. The van der Waals surface area contributed by atoms with E-state index >= 15 is 0 Å². The number of hydrogen-bond acceptors (Lipinski definition) is 2. The van der Waals surface area contributed by atoms with Crippen LogP contribution < -0.4 is 5.32 Å². The fourth-order valence-electron chi connectivity index (χ4n) is 1.55. The second-order valence-corrected chi connectivity index (χ2v) is 4.92. The van der Waals surface area contributed by atoms with Gasteiger partial charge in [-0.3, -0.25) is 9.59 Å². The summed E-state index contributed by atoms with van der Waals surface area (Å²) in [6.45, 7) is 0. The Labute approximate surface area is 106 Å². The van der Waals surface area contributed by atoms with Crippen LogP contribution in [0.25, 0.3) is 0 Å². The Kier molecular flexibility index (Phi) is 3.13. The van der Waals surface area contributed by atoms with E-state index in [0.29, 0.717) is 6.42 Å². The van der Waals surface area contributed by atoms with Gasteiger partial charge < -0.3 is 10.4 Å². The maximum atomic E-state index is 11.7. The normalized spacial score (nSPS) is 22.6. The standard InChI is InChI=1S/C11H10INO3/c12-8-3-1-2-4-9(8)13-10(14)6-5-7(6)11(15)16/h1-4,6-7H,5H2,(H,13,14)(H,15,16). The van der Waals surface area contributed by atoms with Crippen LogP contribution in [0.4, 0.5) is 5.69 Å². The maximum absolute atomic E-state index is 11.7. The summed E-state index contributed by atoms with van der Waals surface area (Å²) in [6, 6.07) is 7.41. The van der Waals surface area contributed by atoms with E-state index in [9.17, 15) is 9.59 Å². The molecule has 2 rings (SSSR count). The van der Waals surface area contributed by atoms with Gasteiger partial charge in [0.2, 0.25) is 5.91 Å². The molecule has 0 spiro atoms. The van der Waals surface area contributed by atoms with E-state index in [-0.39, 0.29) is 11.8 Å². The minimum absolute atomic E-state index is 0.198. The molecule has 0 aromatic heterocycles. The van der Waals surface area contributed by atoms with E-state index < -0.39 is 11.9 Å². The lowest BCUT2D eigenvalue weighted by molar-refractivity contribution is -0.139. The molecule has 1 fully saturated rings. The molecule has 4 nitrogen and oxygen atoms in total. The van der Waals surface area contributed by atoms with Gasteiger partial charge in [0.15, 0.2) is 0 Å². The van der Waals surface area contributed by atoms with Crippen LogP contribution >= 0.6 is 22.6 Å². The van der Waals surface area contributed by atoms with Crippen LogP contribution in [0.1, 0.15) is 6.42 Å². The zero-order valence-electron chi connectivity index (χ0n) is 8.31. The number of carboxylic acid groups (broad SMARTS) is 1. The second-order valence-electron chi connectivity index (χ2n) is 3.76. The SMILES string of the molecule is O=C(O)C1CC1C(=O)Nc1ccccc1I. The summed E-state index contributed by atoms with van der Waals surface area (Å²) in [6.07, 6.45) is 0.449. The van der Waals surface area contributed by atoms with Crippen molar-refractivity contribution in [2.45, 2.75) is 6.42 Å². The molecule has 84 valence electrons. The Hall–Kier alpha value is -1.11. The molecule has 0 heterocycles. The molecule has 2 atom stereocenters. The van der Waals surface area contributed by atoms with E-state index in [0.717, 1.165) is 9.26 Å². The van der Waals surface area contributed by atoms with E-state index in [4.69, 9.17) is 5.11 Å². The van der Waals surface area contributed by atoms with Crippen molar-refractivity contribution >= 4 is 40.2 Å². The largest absolute Gasteiger partial charge is 0.481 e. The topological polar surface area (TPSA) is 66.4 Å². The molecule has 2 N–H and O–H groups in total. The number of amides is 1. The van der Waals surface area contributed by atoms with Crippen molar-refractivity contribution in [1.82, 2.24) is 0 Å². The van der Waals surface area contributed by atoms with Crippen LogP contribution in [0.2, 0.25) is 0 Å². The lowest BCUT2D eigenvalue weighted by Gasteiger charge is -2.05. The van der Waals surface area contributed by atoms with Crippen LogP contribution in [0.3, 0.4) is 0 Å². The number of anilines is 1. The first kappa shape index (κ1) is 11.4. The highest BCUT2D eigenvalue weighted by Gasteiger charge is 2.48. The molecular weight excluding hydrogens is 321 g/mol. The maximum Gasteiger partial charge on any atom is 0.307 e. The molecule has 2 unspecified atom stereocenters. The highest BCUT2D eigenvalue weighted by molar-refractivity contribution is 14.1. The Morgan fingerprint density at radius 3 is 2.56 bits per heavy atom. The first-order valence-electron chi connectivity index (χ1n) is 4.88. The van der Waals surface area contributed by atoms with Crippen molar-refractivity contribution in [2.75, 3.05) is 5.32 Å². The van der Waals surface area contributed by atoms with Gasteiger partial charge in [-0.2, -0.15) is 0 Å². The molecule has 0 saturated heterocycles. The summed E-state index contributed by atoms with van der Waals surface area (Å²) in [5.41, 5.74) is 0.740. The van der Waals surface area contributed by atoms with E-state index in [2.05, 4.69) is 27.9 Å². The average molecular weight is 331 g/mol. The van der Waals surface area contributed by atoms with Crippen LogP contribution in [-0.4, -0.2) is 17.0 Å². The number of benzene rings is 1. The van der Waals surface area contributed by atoms with Gasteiger partial charge in [-0.25, -0.2) is 0 Å². The number of para-hydroxylation sites is 1. The summed E-state index contributed by atoms with van der Waals surface area (Å²) in [5.74, 6) is -1.95. The van der Waals surface area contributed by atoms with Crippen molar-refractivity contribution in [2.24, 2.45) is 11.8 Å². The van der Waals surface area contributed by atoms with Gasteiger partial charge >= 0.3 is 5.97 Å². The van der Waals surface area contributed by atoms with Crippen LogP contribution in [0.15, 0.2) is 24.3 Å². The molecular formula is C11H10INO3. The number of carbonyl (C=O) groups is 2. The van der Waals surface area contributed by atoms with Gasteiger partial charge in [0.25, 0.3) is 0 Å². The molecule has 16 heavy (non-hydrogen) atoms. The monoisotopic (exact) mass is 331 g/mol. The summed E-state index contributed by atoms with van der Waals surface area (Å²) < 4.78 is 0.945. The molecule has 1 aliphatic carbocycles. The van der Waals surface area contributed by atoms with E-state index in [1.165, 1.54) is 0 Å². The van der Waals surface area contributed by atoms with Crippen LogP contribution in [-0.2, 0) is 9.59 Å². The third-order valence-corrected chi connectivity index (χ3v) is 3.52. The molecule has 0 aliphatic heterocycles. The highest BCUT2D eigenvalue weighted by atomic mass is 127. The zero-order chi connectivity index (χ0) is 11.7. The molecule has 1 aromatic rings. The third-order valence-electron chi connectivity index (χ3n) is 2.58. The molecule has 0 bridgehead atoms. The lowest BCUT2D eigenvalue weighted by Crippen LogP contribution is -2.17. The quantitative estimate of drug-likeness (QED) is 0.832. The smallest absolute Gasteiger partial charge is 0.307 e. The Morgan fingerprint density at radius 1 is 1.31 bits per heavy atom. The molecule has 1 aromatic carbocycles. The number of halogens is 1. The molecule has 5 heteroatoms. The number of hydrogen-bond donors (Lipinski definition) is 2. The number of rotatable bonds is 3. The summed E-state index contributed by atoms with van der Waals surface area (Å²) in [4.78, 5) is 22.3. The summed E-state index contributed by atoms with van der Waals surface area (Å²) in [5, 5.41) is 11.5. The number of aliphatic carboxylic acids is 1. The molecule has 0 radical (unpaired) electrons. The highest BCUT2D eigenvalue weighted by Crippen LogP contribution is 2.39. The Balaban J connectivity index is 1.99.